The highest BCUT2D eigenvalue weighted by atomic mass is 127. The minimum Gasteiger partial charge on any atom is -1.00 e. The van der Waals surface area contributed by atoms with Crippen molar-refractivity contribution in [2.24, 2.45) is 0 Å². The first-order chi connectivity index (χ1) is 18.1. The number of hydrogen-bond acceptors (Lipinski definition) is 2. The van der Waals surface area contributed by atoms with Crippen LogP contribution in [-0.2, 0) is 31.6 Å². The van der Waals surface area contributed by atoms with Crippen LogP contribution in [-0.4, -0.2) is 113 Å². The number of benzene rings is 2. The lowest BCUT2D eigenvalue weighted by atomic mass is 9.64. The van der Waals surface area contributed by atoms with Crippen LogP contribution in [0.25, 0.3) is 0 Å². The molecular formula is C34H60I4N4O2. The summed E-state index contributed by atoms with van der Waals surface area (Å²) in [6, 6.07) is 9.26. The highest BCUT2D eigenvalue weighted by Gasteiger charge is 2.39. The van der Waals surface area contributed by atoms with E-state index in [4.69, 9.17) is 0 Å². The fourth-order valence-corrected chi connectivity index (χ4v) is 6.50. The van der Waals surface area contributed by atoms with E-state index in [0.717, 1.165) is 79.2 Å². The molecule has 2 aromatic rings. The molecule has 3 rings (SSSR count). The quantitative estimate of drug-likeness (QED) is 0.184. The number of halogens is 4. The molecule has 10 heteroatoms. The van der Waals surface area contributed by atoms with Gasteiger partial charge in [0.1, 0.15) is 37.7 Å². The molecule has 44 heavy (non-hydrogen) atoms. The maximum absolute atomic E-state index is 11.5. The summed E-state index contributed by atoms with van der Waals surface area (Å²) in [5, 5.41) is 23.0. The topological polar surface area (TPSA) is 40.5 Å². The fourth-order valence-electron chi connectivity index (χ4n) is 6.50. The molecule has 0 aromatic heterocycles. The van der Waals surface area contributed by atoms with Gasteiger partial charge in [0.25, 0.3) is 0 Å². The first-order valence-corrected chi connectivity index (χ1v) is 15.0. The Balaban J connectivity index is 0. The predicted molar refractivity (Wildman–Crippen MR) is 167 cm³/mol. The highest BCUT2D eigenvalue weighted by Crippen LogP contribution is 2.48. The number of rotatable bonds is 10. The van der Waals surface area contributed by atoms with Crippen molar-refractivity contribution in [3.8, 4) is 11.5 Å². The second-order valence-electron chi connectivity index (χ2n) is 16.7. The van der Waals surface area contributed by atoms with E-state index in [1.54, 1.807) is 0 Å². The third kappa shape index (κ3) is 13.4. The van der Waals surface area contributed by atoms with Crippen molar-refractivity contribution < 1.29 is 124 Å². The van der Waals surface area contributed by atoms with Crippen LogP contribution < -0.4 is 95.9 Å². The molecule has 256 valence electrons. The lowest BCUT2D eigenvalue weighted by Crippen LogP contribution is -3.00. The smallest absolute Gasteiger partial charge is 0.133 e. The molecule has 1 fully saturated rings. The Morgan fingerprint density at radius 2 is 0.682 bits per heavy atom. The molecule has 0 heterocycles. The van der Waals surface area contributed by atoms with E-state index in [0.29, 0.717) is 11.5 Å². The number of hydrogen-bond donors (Lipinski definition) is 2. The van der Waals surface area contributed by atoms with Crippen LogP contribution in [0.4, 0.5) is 0 Å². The summed E-state index contributed by atoms with van der Waals surface area (Å²) in [7, 11) is 26.3. The van der Waals surface area contributed by atoms with Crippen LogP contribution in [0.1, 0.15) is 65.5 Å². The zero-order valence-electron chi connectivity index (χ0n) is 29.4. The van der Waals surface area contributed by atoms with E-state index in [1.165, 1.54) is 30.4 Å². The Labute approximate surface area is 338 Å². The summed E-state index contributed by atoms with van der Waals surface area (Å²) < 4.78 is 3.03. The number of phenolic OH excluding ortho intramolecular Hbond substituents is 2. The second kappa shape index (κ2) is 17.5. The van der Waals surface area contributed by atoms with E-state index in [1.807, 2.05) is 0 Å². The van der Waals surface area contributed by atoms with Crippen molar-refractivity contribution >= 4 is 0 Å². The Hall–Kier alpha value is 0.800. The summed E-state index contributed by atoms with van der Waals surface area (Å²) in [6.45, 7) is 3.09. The molecule has 0 aliphatic heterocycles. The van der Waals surface area contributed by atoms with Crippen LogP contribution in [0.2, 0.25) is 0 Å². The molecule has 2 N–H and O–H groups in total. The molecule has 1 saturated carbocycles. The molecule has 0 unspecified atom stereocenters. The van der Waals surface area contributed by atoms with Crippen LogP contribution >= 0.6 is 0 Å². The van der Waals surface area contributed by atoms with Crippen molar-refractivity contribution in [2.75, 3.05) is 84.6 Å². The van der Waals surface area contributed by atoms with Crippen LogP contribution in [0.5, 0.6) is 11.5 Å². The average Bonchev–Trinajstić information content (AvgIpc) is 2.75. The number of nitrogens with zero attached hydrogens (tertiary/aromatic N) is 4. The van der Waals surface area contributed by atoms with Crippen molar-refractivity contribution in [1.82, 2.24) is 0 Å². The molecular weight excluding hydrogens is 1000 g/mol. The Kier molecular flexibility index (Phi) is 18.6. The Bertz CT molecular complexity index is 1040. The Morgan fingerprint density at radius 1 is 0.455 bits per heavy atom. The van der Waals surface area contributed by atoms with Gasteiger partial charge in [0.2, 0.25) is 0 Å². The van der Waals surface area contributed by atoms with Gasteiger partial charge in [-0.05, 0) is 48.2 Å². The normalized spacial score (nSPS) is 15.3. The van der Waals surface area contributed by atoms with Crippen LogP contribution in [0.15, 0.2) is 24.3 Å². The zero-order chi connectivity index (χ0) is 30.3. The molecule has 0 saturated heterocycles. The van der Waals surface area contributed by atoms with Gasteiger partial charge in [0.15, 0.2) is 0 Å². The van der Waals surface area contributed by atoms with E-state index in [2.05, 4.69) is 109 Å². The highest BCUT2D eigenvalue weighted by molar-refractivity contribution is 5.53. The fraction of sp³-hybridized carbons (Fsp3) is 0.647. The number of aromatic hydroxyl groups is 2. The molecule has 0 spiro atoms. The zero-order valence-corrected chi connectivity index (χ0v) is 38.0. The molecule has 0 bridgehead atoms. The molecule has 0 amide bonds. The third-order valence-corrected chi connectivity index (χ3v) is 7.93. The van der Waals surface area contributed by atoms with Gasteiger partial charge in [-0.3, -0.25) is 0 Å². The summed E-state index contributed by atoms with van der Waals surface area (Å²) in [6.07, 6.45) is 5.80. The molecule has 1 aliphatic rings. The SMILES string of the molecule is C[N+](C)(C)Cc1cc(C2(c3cc(C[N+](C)(C)C)c(O)c(C[N+](C)(C)C)c3)CCCCC2)cc(C[N+](C)(C)C)c1O.[I-].[I-].[I-].[I-]. The molecule has 1 aliphatic carbocycles. The van der Waals surface area contributed by atoms with Gasteiger partial charge in [0.05, 0.1) is 84.6 Å². The van der Waals surface area contributed by atoms with Crippen LogP contribution in [0.3, 0.4) is 0 Å². The van der Waals surface area contributed by atoms with Gasteiger partial charge >= 0.3 is 0 Å². The van der Waals surface area contributed by atoms with Gasteiger partial charge in [-0.2, -0.15) is 0 Å². The maximum Gasteiger partial charge on any atom is 0.133 e. The van der Waals surface area contributed by atoms with Crippen LogP contribution in [0, 0.1) is 0 Å². The van der Waals surface area contributed by atoms with Crippen molar-refractivity contribution in [2.45, 2.75) is 63.7 Å². The standard InChI is InChI=1S/C34H58N4O2.4HI/c1-35(2,3)22-26-18-30(19-27(32(26)39)23-36(4,5)6)34(16-14-13-15-17-34)31-20-28(24-37(7,8)9)33(40)29(21-31)25-38(10,11)12;;;;/h18-21H,13-17,22-25H2,1-12H3;4*1H/q+2;;;;/p-2. The van der Waals surface area contributed by atoms with E-state index in [-0.39, 0.29) is 101 Å². The Morgan fingerprint density at radius 3 is 0.886 bits per heavy atom. The molecule has 6 nitrogen and oxygen atoms in total. The molecule has 2 aromatic carbocycles. The monoisotopic (exact) mass is 1060 g/mol. The van der Waals surface area contributed by atoms with Gasteiger partial charge in [-0.15, -0.1) is 0 Å². The first-order valence-electron chi connectivity index (χ1n) is 15.0. The third-order valence-electron chi connectivity index (χ3n) is 7.93. The van der Waals surface area contributed by atoms with Gasteiger partial charge in [0, 0.05) is 27.7 Å². The minimum absolute atomic E-state index is 0. The van der Waals surface area contributed by atoms with Gasteiger partial charge < -0.3 is 124 Å². The van der Waals surface area contributed by atoms with E-state index >= 15 is 0 Å². The van der Waals surface area contributed by atoms with Crippen molar-refractivity contribution in [3.63, 3.8) is 0 Å². The lowest BCUT2D eigenvalue weighted by Gasteiger charge is -2.40. The number of phenols is 2. The summed E-state index contributed by atoms with van der Waals surface area (Å²) >= 11 is 0. The first kappa shape index (κ1) is 46.9. The van der Waals surface area contributed by atoms with Crippen molar-refractivity contribution in [3.05, 3.63) is 57.6 Å². The summed E-state index contributed by atoms with van der Waals surface area (Å²) in [5.74, 6) is 0.913. The average molecular weight is 1060 g/mol. The van der Waals surface area contributed by atoms with Crippen molar-refractivity contribution in [1.29, 1.82) is 0 Å². The van der Waals surface area contributed by atoms with Gasteiger partial charge in [-0.1, -0.05) is 19.3 Å². The summed E-state index contributed by atoms with van der Waals surface area (Å²) in [5.41, 5.74) is 6.67. The van der Waals surface area contributed by atoms with E-state index < -0.39 is 0 Å². The van der Waals surface area contributed by atoms with Gasteiger partial charge in [-0.25, -0.2) is 0 Å². The molecule has 0 atom stereocenters. The second-order valence-corrected chi connectivity index (χ2v) is 16.7. The largest absolute Gasteiger partial charge is 1.00 e. The molecule has 0 radical (unpaired) electrons. The number of quaternary nitrogens is 4. The summed E-state index contributed by atoms with van der Waals surface area (Å²) in [4.78, 5) is 0. The predicted octanol–water partition coefficient (Wildman–Crippen LogP) is -6.81. The maximum atomic E-state index is 11.5. The minimum atomic E-state index is -0.141. The van der Waals surface area contributed by atoms with E-state index in [9.17, 15) is 10.2 Å². The lowest BCUT2D eigenvalue weighted by molar-refractivity contribution is -0.884.